The Labute approximate surface area is 183 Å². The molecule has 0 fully saturated rings. The maximum absolute atomic E-state index is 12.7. The zero-order valence-corrected chi connectivity index (χ0v) is 17.8. The smallest absolute Gasteiger partial charge is 0.227 e. The summed E-state index contributed by atoms with van der Waals surface area (Å²) in [5, 5.41) is 3.01. The fourth-order valence-electron chi connectivity index (χ4n) is 3.87. The van der Waals surface area contributed by atoms with Gasteiger partial charge < -0.3 is 10.2 Å². The predicted octanol–water partition coefficient (Wildman–Crippen LogP) is 4.09. The van der Waals surface area contributed by atoms with E-state index in [4.69, 9.17) is 0 Å². The molecule has 5 heteroatoms. The van der Waals surface area contributed by atoms with E-state index in [1.54, 1.807) is 12.4 Å². The van der Waals surface area contributed by atoms with E-state index in [-0.39, 0.29) is 11.8 Å². The number of carbonyl (C=O) groups excluding carboxylic acids is 2. The highest BCUT2D eigenvalue weighted by Crippen LogP contribution is 2.23. The molecular formula is C26H27N3O2. The van der Waals surface area contributed by atoms with Gasteiger partial charge in [-0.25, -0.2) is 0 Å². The van der Waals surface area contributed by atoms with Gasteiger partial charge in [-0.1, -0.05) is 42.0 Å². The number of nitrogens with one attached hydrogen (secondary N) is 1. The molecule has 5 nitrogen and oxygen atoms in total. The molecule has 1 aliphatic rings. The van der Waals surface area contributed by atoms with E-state index >= 15 is 0 Å². The van der Waals surface area contributed by atoms with Crippen molar-refractivity contribution in [2.45, 2.75) is 39.2 Å². The van der Waals surface area contributed by atoms with Gasteiger partial charge in [0.25, 0.3) is 0 Å². The van der Waals surface area contributed by atoms with Gasteiger partial charge in [-0.15, -0.1) is 0 Å². The van der Waals surface area contributed by atoms with Crippen molar-refractivity contribution in [3.8, 4) is 0 Å². The van der Waals surface area contributed by atoms with E-state index in [0.29, 0.717) is 32.4 Å². The number of aryl methyl sites for hydroxylation is 2. The topological polar surface area (TPSA) is 62.3 Å². The third-order valence-corrected chi connectivity index (χ3v) is 5.69. The minimum atomic E-state index is 0.000782. The van der Waals surface area contributed by atoms with Crippen LogP contribution in [0.4, 0.5) is 5.69 Å². The lowest BCUT2D eigenvalue weighted by atomic mass is 9.98. The Morgan fingerprint density at radius 2 is 1.87 bits per heavy atom. The molecule has 2 aromatic carbocycles. The molecule has 0 saturated heterocycles. The Morgan fingerprint density at radius 1 is 1.03 bits per heavy atom. The van der Waals surface area contributed by atoms with Crippen LogP contribution in [0.25, 0.3) is 0 Å². The fourth-order valence-corrected chi connectivity index (χ4v) is 3.87. The van der Waals surface area contributed by atoms with Crippen LogP contribution in [0.3, 0.4) is 0 Å². The molecule has 158 valence electrons. The second-order valence-electron chi connectivity index (χ2n) is 8.12. The summed E-state index contributed by atoms with van der Waals surface area (Å²) in [7, 11) is 0. The Bertz CT molecular complexity index is 1060. The average molecular weight is 414 g/mol. The Hall–Kier alpha value is -3.47. The van der Waals surface area contributed by atoms with Crippen LogP contribution in [0.1, 0.15) is 34.2 Å². The molecule has 2 amide bonds. The zero-order valence-electron chi connectivity index (χ0n) is 17.8. The highest BCUT2D eigenvalue weighted by atomic mass is 16.2. The van der Waals surface area contributed by atoms with Gasteiger partial charge >= 0.3 is 0 Å². The molecule has 0 spiro atoms. The first-order valence-electron chi connectivity index (χ1n) is 10.7. The van der Waals surface area contributed by atoms with Gasteiger partial charge in [0.15, 0.2) is 0 Å². The van der Waals surface area contributed by atoms with Gasteiger partial charge in [0.1, 0.15) is 0 Å². The van der Waals surface area contributed by atoms with Crippen LogP contribution in [-0.2, 0) is 35.4 Å². The lowest BCUT2D eigenvalue weighted by Crippen LogP contribution is -2.37. The van der Waals surface area contributed by atoms with Gasteiger partial charge in [-0.3, -0.25) is 14.6 Å². The number of fused-ring (bicyclic) bond motifs is 1. The van der Waals surface area contributed by atoms with Crippen molar-refractivity contribution < 1.29 is 9.59 Å². The Kier molecular flexibility index (Phi) is 6.41. The van der Waals surface area contributed by atoms with Gasteiger partial charge in [0.2, 0.25) is 11.8 Å². The number of amides is 2. The first-order chi connectivity index (χ1) is 15.1. The van der Waals surface area contributed by atoms with Crippen molar-refractivity contribution in [2.24, 2.45) is 0 Å². The number of carbonyl (C=O) groups is 2. The SMILES string of the molecule is Cc1ccc(CCC(=O)Nc2ccc3c(c2)CN(C(=O)Cc2cccnc2)CC3)cc1. The molecule has 1 aromatic heterocycles. The van der Waals surface area contributed by atoms with Crippen LogP contribution in [0.5, 0.6) is 0 Å². The van der Waals surface area contributed by atoms with E-state index in [1.165, 1.54) is 11.1 Å². The van der Waals surface area contributed by atoms with Gasteiger partial charge in [-0.05, 0) is 60.2 Å². The molecule has 3 aromatic rings. The number of hydrogen-bond acceptors (Lipinski definition) is 3. The molecule has 0 unspecified atom stereocenters. The summed E-state index contributed by atoms with van der Waals surface area (Å²) >= 11 is 0. The summed E-state index contributed by atoms with van der Waals surface area (Å²) in [5.74, 6) is 0.104. The highest BCUT2D eigenvalue weighted by molar-refractivity contribution is 5.91. The summed E-state index contributed by atoms with van der Waals surface area (Å²) in [4.78, 5) is 31.1. The molecule has 0 bridgehead atoms. The van der Waals surface area contributed by atoms with Gasteiger partial charge in [0.05, 0.1) is 6.42 Å². The largest absolute Gasteiger partial charge is 0.338 e. The molecule has 0 aliphatic carbocycles. The van der Waals surface area contributed by atoms with Crippen LogP contribution in [0, 0.1) is 6.92 Å². The van der Waals surface area contributed by atoms with E-state index < -0.39 is 0 Å². The molecule has 31 heavy (non-hydrogen) atoms. The minimum Gasteiger partial charge on any atom is -0.338 e. The standard InChI is InChI=1S/C26H27N3O2/c1-19-4-6-20(7-5-19)8-11-25(30)28-24-10-9-22-12-14-29(18-23(22)16-24)26(31)15-21-3-2-13-27-17-21/h2-7,9-10,13,16-17H,8,11-12,14-15,18H2,1H3,(H,28,30). The second kappa shape index (κ2) is 9.56. The second-order valence-corrected chi connectivity index (χ2v) is 8.12. The zero-order chi connectivity index (χ0) is 21.6. The quantitative estimate of drug-likeness (QED) is 0.662. The predicted molar refractivity (Wildman–Crippen MR) is 122 cm³/mol. The van der Waals surface area contributed by atoms with E-state index in [0.717, 1.165) is 28.8 Å². The van der Waals surface area contributed by atoms with Crippen molar-refractivity contribution in [1.29, 1.82) is 0 Å². The lowest BCUT2D eigenvalue weighted by Gasteiger charge is -2.29. The number of benzene rings is 2. The normalized spacial score (nSPS) is 12.9. The number of nitrogens with zero attached hydrogens (tertiary/aromatic N) is 2. The van der Waals surface area contributed by atoms with Crippen LogP contribution < -0.4 is 5.32 Å². The summed E-state index contributed by atoms with van der Waals surface area (Å²) in [5.41, 5.74) is 6.43. The molecular weight excluding hydrogens is 386 g/mol. The average Bonchev–Trinajstić information content (AvgIpc) is 2.79. The lowest BCUT2D eigenvalue weighted by molar-refractivity contribution is -0.131. The molecule has 2 heterocycles. The fraction of sp³-hybridized carbons (Fsp3) is 0.269. The van der Waals surface area contributed by atoms with Crippen LogP contribution in [0.15, 0.2) is 67.0 Å². The number of hydrogen-bond donors (Lipinski definition) is 1. The Morgan fingerprint density at radius 3 is 2.65 bits per heavy atom. The maximum Gasteiger partial charge on any atom is 0.227 e. The van der Waals surface area contributed by atoms with Crippen LogP contribution >= 0.6 is 0 Å². The van der Waals surface area contributed by atoms with Crippen molar-refractivity contribution in [2.75, 3.05) is 11.9 Å². The molecule has 1 N–H and O–H groups in total. The van der Waals surface area contributed by atoms with Gasteiger partial charge in [0, 0.05) is 37.6 Å². The maximum atomic E-state index is 12.7. The van der Waals surface area contributed by atoms with E-state index in [2.05, 4.69) is 47.6 Å². The first-order valence-corrected chi connectivity index (χ1v) is 10.7. The number of rotatable bonds is 6. The molecule has 0 atom stereocenters. The van der Waals surface area contributed by atoms with Crippen molar-refractivity contribution in [1.82, 2.24) is 9.88 Å². The molecule has 0 saturated carbocycles. The number of anilines is 1. The molecule has 0 radical (unpaired) electrons. The van der Waals surface area contributed by atoms with Crippen molar-refractivity contribution in [3.63, 3.8) is 0 Å². The summed E-state index contributed by atoms with van der Waals surface area (Å²) in [6.07, 6.45) is 5.79. The summed E-state index contributed by atoms with van der Waals surface area (Å²) < 4.78 is 0. The highest BCUT2D eigenvalue weighted by Gasteiger charge is 2.21. The van der Waals surface area contributed by atoms with Crippen molar-refractivity contribution in [3.05, 3.63) is 94.8 Å². The third kappa shape index (κ3) is 5.57. The molecule has 1 aliphatic heterocycles. The van der Waals surface area contributed by atoms with Crippen molar-refractivity contribution >= 4 is 17.5 Å². The summed E-state index contributed by atoms with van der Waals surface area (Å²) in [6.45, 7) is 3.34. The molecule has 4 rings (SSSR count). The van der Waals surface area contributed by atoms with Gasteiger partial charge in [-0.2, -0.15) is 0 Å². The Balaban J connectivity index is 1.34. The summed E-state index contributed by atoms with van der Waals surface area (Å²) in [6, 6.07) is 18.1. The van der Waals surface area contributed by atoms with E-state index in [9.17, 15) is 9.59 Å². The monoisotopic (exact) mass is 413 g/mol. The van der Waals surface area contributed by atoms with Crippen LogP contribution in [-0.4, -0.2) is 28.2 Å². The number of aromatic nitrogens is 1. The minimum absolute atomic E-state index is 0.000782. The third-order valence-electron chi connectivity index (χ3n) is 5.69. The number of pyridine rings is 1. The first kappa shape index (κ1) is 20.8. The van der Waals surface area contributed by atoms with E-state index in [1.807, 2.05) is 29.2 Å². The van der Waals surface area contributed by atoms with Crippen LogP contribution in [0.2, 0.25) is 0 Å².